The first-order valence-corrected chi connectivity index (χ1v) is 6.63. The van der Waals surface area contributed by atoms with Crippen molar-refractivity contribution in [2.75, 3.05) is 19.8 Å². The summed E-state index contributed by atoms with van der Waals surface area (Å²) in [4.78, 5) is 12.0. The van der Waals surface area contributed by atoms with Gasteiger partial charge in [-0.3, -0.25) is 4.79 Å². The number of benzene rings is 1. The van der Waals surface area contributed by atoms with Crippen LogP contribution in [0.3, 0.4) is 0 Å². The lowest BCUT2D eigenvalue weighted by atomic mass is 10.0. The first kappa shape index (κ1) is 13.5. The molecule has 0 saturated carbocycles. The molecule has 2 N–H and O–H groups in total. The van der Waals surface area contributed by atoms with Crippen molar-refractivity contribution in [2.45, 2.75) is 18.9 Å². The van der Waals surface area contributed by atoms with Crippen molar-refractivity contribution in [1.82, 2.24) is 5.32 Å². The lowest BCUT2D eigenvalue weighted by Gasteiger charge is -2.20. The van der Waals surface area contributed by atoms with Gasteiger partial charge in [0, 0.05) is 29.6 Å². The van der Waals surface area contributed by atoms with Gasteiger partial charge in [0.15, 0.2) is 0 Å². The van der Waals surface area contributed by atoms with Gasteiger partial charge in [0.1, 0.15) is 5.60 Å². The summed E-state index contributed by atoms with van der Waals surface area (Å²) in [6.45, 7) is 2.98. The molecule has 1 aromatic carbocycles. The Morgan fingerprint density at radius 2 is 2.33 bits per heavy atom. The summed E-state index contributed by atoms with van der Waals surface area (Å²) in [5, 5.41) is 12.8. The summed E-state index contributed by atoms with van der Waals surface area (Å²) in [7, 11) is 0. The smallest absolute Gasteiger partial charge is 0.251 e. The van der Waals surface area contributed by atoms with Crippen LogP contribution in [-0.4, -0.2) is 36.4 Å². The molecule has 1 fully saturated rings. The van der Waals surface area contributed by atoms with E-state index in [0.717, 1.165) is 10.0 Å². The number of rotatable bonds is 3. The van der Waals surface area contributed by atoms with Crippen molar-refractivity contribution in [2.24, 2.45) is 0 Å². The Balaban J connectivity index is 1.99. The zero-order valence-electron chi connectivity index (χ0n) is 10.2. The maximum absolute atomic E-state index is 12.0. The van der Waals surface area contributed by atoms with Crippen molar-refractivity contribution in [1.29, 1.82) is 0 Å². The molecular weight excluding hydrogens is 298 g/mol. The molecule has 2 rings (SSSR count). The van der Waals surface area contributed by atoms with Crippen molar-refractivity contribution in [3.05, 3.63) is 33.8 Å². The van der Waals surface area contributed by atoms with Gasteiger partial charge in [0.25, 0.3) is 5.91 Å². The van der Waals surface area contributed by atoms with Crippen LogP contribution >= 0.6 is 15.9 Å². The number of amides is 1. The highest BCUT2D eigenvalue weighted by molar-refractivity contribution is 9.10. The Labute approximate surface area is 114 Å². The molecule has 1 unspecified atom stereocenters. The van der Waals surface area contributed by atoms with Crippen molar-refractivity contribution in [3.8, 4) is 0 Å². The standard InChI is InChI=1S/C13H16BrNO3/c1-9-4-10(6-11(14)5-9)12(16)15-7-13(17)2-3-18-8-13/h4-6,17H,2-3,7-8H2,1H3,(H,15,16). The topological polar surface area (TPSA) is 58.6 Å². The van der Waals surface area contributed by atoms with E-state index in [9.17, 15) is 9.90 Å². The van der Waals surface area contributed by atoms with Crippen LogP contribution in [-0.2, 0) is 4.74 Å². The van der Waals surface area contributed by atoms with Crippen LogP contribution in [0.1, 0.15) is 22.3 Å². The first-order valence-electron chi connectivity index (χ1n) is 5.84. The fraction of sp³-hybridized carbons (Fsp3) is 0.462. The molecule has 0 aromatic heterocycles. The van der Waals surface area contributed by atoms with Crippen LogP contribution in [0.15, 0.2) is 22.7 Å². The summed E-state index contributed by atoms with van der Waals surface area (Å²) in [6, 6.07) is 5.52. The molecule has 1 aromatic rings. The third-order valence-corrected chi connectivity index (χ3v) is 3.42. The van der Waals surface area contributed by atoms with E-state index in [1.807, 2.05) is 19.1 Å². The van der Waals surface area contributed by atoms with E-state index in [4.69, 9.17) is 4.74 Å². The summed E-state index contributed by atoms with van der Waals surface area (Å²) >= 11 is 3.36. The van der Waals surface area contributed by atoms with E-state index in [-0.39, 0.29) is 19.1 Å². The minimum Gasteiger partial charge on any atom is -0.386 e. The van der Waals surface area contributed by atoms with Gasteiger partial charge in [-0.05, 0) is 30.7 Å². The van der Waals surface area contributed by atoms with E-state index in [0.29, 0.717) is 18.6 Å². The van der Waals surface area contributed by atoms with Crippen molar-refractivity contribution < 1.29 is 14.6 Å². The second-order valence-corrected chi connectivity index (χ2v) is 5.64. The number of carbonyl (C=O) groups is 1. The highest BCUT2D eigenvalue weighted by atomic mass is 79.9. The highest BCUT2D eigenvalue weighted by Crippen LogP contribution is 2.18. The normalized spacial score (nSPS) is 23.1. The number of hydrogen-bond acceptors (Lipinski definition) is 3. The number of aryl methyl sites for hydroxylation is 1. The van der Waals surface area contributed by atoms with Crippen LogP contribution in [0.5, 0.6) is 0 Å². The largest absolute Gasteiger partial charge is 0.386 e. The average Bonchev–Trinajstić information content (AvgIpc) is 2.72. The molecule has 1 amide bonds. The third kappa shape index (κ3) is 3.31. The molecule has 0 spiro atoms. The minimum absolute atomic E-state index is 0.181. The lowest BCUT2D eigenvalue weighted by Crippen LogP contribution is -2.43. The molecule has 0 radical (unpaired) electrons. The number of ether oxygens (including phenoxy) is 1. The summed E-state index contributed by atoms with van der Waals surface area (Å²) in [5.74, 6) is -0.181. The molecule has 1 aliphatic heterocycles. The second-order valence-electron chi connectivity index (χ2n) is 4.73. The average molecular weight is 314 g/mol. The van der Waals surface area contributed by atoms with Crippen LogP contribution in [0.2, 0.25) is 0 Å². The van der Waals surface area contributed by atoms with Gasteiger partial charge in [0.05, 0.1) is 6.61 Å². The summed E-state index contributed by atoms with van der Waals surface area (Å²) < 4.78 is 6.00. The van der Waals surface area contributed by atoms with Crippen LogP contribution in [0, 0.1) is 6.92 Å². The summed E-state index contributed by atoms with van der Waals surface area (Å²) in [6.07, 6.45) is 0.560. The Hall–Kier alpha value is -0.910. The van der Waals surface area contributed by atoms with E-state index in [1.165, 1.54) is 0 Å². The molecule has 18 heavy (non-hydrogen) atoms. The number of aliphatic hydroxyl groups is 1. The fourth-order valence-electron chi connectivity index (χ4n) is 1.95. The van der Waals surface area contributed by atoms with Crippen molar-refractivity contribution in [3.63, 3.8) is 0 Å². The fourth-order valence-corrected chi connectivity index (χ4v) is 2.56. The SMILES string of the molecule is Cc1cc(Br)cc(C(=O)NCC2(O)CCOC2)c1. The first-order chi connectivity index (χ1) is 8.48. The van der Waals surface area contributed by atoms with E-state index in [1.54, 1.807) is 6.07 Å². The predicted molar refractivity (Wildman–Crippen MR) is 71.6 cm³/mol. The van der Waals surface area contributed by atoms with Gasteiger partial charge in [0.2, 0.25) is 0 Å². The van der Waals surface area contributed by atoms with E-state index in [2.05, 4.69) is 21.2 Å². The number of nitrogens with one attached hydrogen (secondary N) is 1. The van der Waals surface area contributed by atoms with Crippen LogP contribution in [0.25, 0.3) is 0 Å². The second kappa shape index (κ2) is 5.38. The molecule has 5 heteroatoms. The molecule has 1 heterocycles. The number of carbonyl (C=O) groups excluding carboxylic acids is 1. The third-order valence-electron chi connectivity index (χ3n) is 2.96. The molecule has 0 bridgehead atoms. The molecule has 98 valence electrons. The Morgan fingerprint density at radius 3 is 2.94 bits per heavy atom. The van der Waals surface area contributed by atoms with Gasteiger partial charge in [-0.25, -0.2) is 0 Å². The van der Waals surface area contributed by atoms with E-state index >= 15 is 0 Å². The maximum atomic E-state index is 12.0. The zero-order chi connectivity index (χ0) is 13.2. The van der Waals surface area contributed by atoms with Gasteiger partial charge in [-0.1, -0.05) is 15.9 Å². The quantitative estimate of drug-likeness (QED) is 0.892. The van der Waals surface area contributed by atoms with Crippen molar-refractivity contribution >= 4 is 21.8 Å². The van der Waals surface area contributed by atoms with Gasteiger partial charge in [-0.2, -0.15) is 0 Å². The maximum Gasteiger partial charge on any atom is 0.251 e. The Morgan fingerprint density at radius 1 is 1.56 bits per heavy atom. The predicted octanol–water partition coefficient (Wildman–Crippen LogP) is 1.64. The van der Waals surface area contributed by atoms with Gasteiger partial charge in [-0.15, -0.1) is 0 Å². The van der Waals surface area contributed by atoms with Crippen LogP contribution < -0.4 is 5.32 Å². The minimum atomic E-state index is -0.920. The molecule has 1 aliphatic rings. The molecule has 0 aliphatic carbocycles. The molecular formula is C13H16BrNO3. The van der Waals surface area contributed by atoms with Gasteiger partial charge < -0.3 is 15.2 Å². The molecule has 1 saturated heterocycles. The monoisotopic (exact) mass is 313 g/mol. The molecule has 4 nitrogen and oxygen atoms in total. The van der Waals surface area contributed by atoms with E-state index < -0.39 is 5.60 Å². The highest BCUT2D eigenvalue weighted by Gasteiger charge is 2.32. The Kier molecular flexibility index (Phi) is 4.04. The lowest BCUT2D eigenvalue weighted by molar-refractivity contribution is 0.0264. The number of hydrogen-bond donors (Lipinski definition) is 2. The number of halogens is 1. The zero-order valence-corrected chi connectivity index (χ0v) is 11.8. The van der Waals surface area contributed by atoms with Gasteiger partial charge >= 0.3 is 0 Å². The molecule has 1 atom stereocenters. The van der Waals surface area contributed by atoms with Crippen LogP contribution in [0.4, 0.5) is 0 Å². The summed E-state index contributed by atoms with van der Waals surface area (Å²) in [5.41, 5.74) is 0.679. The Bertz CT molecular complexity index is 435.